The van der Waals surface area contributed by atoms with Crippen LogP contribution in [0.15, 0.2) is 18.5 Å². The lowest BCUT2D eigenvalue weighted by Gasteiger charge is -2.37. The predicted molar refractivity (Wildman–Crippen MR) is 71.3 cm³/mol. The normalized spacial score (nSPS) is 18.9. The molecule has 18 heavy (non-hydrogen) atoms. The van der Waals surface area contributed by atoms with E-state index >= 15 is 0 Å². The van der Waals surface area contributed by atoms with Gasteiger partial charge in [-0.1, -0.05) is 13.3 Å². The van der Waals surface area contributed by atoms with Crippen LogP contribution in [-0.2, 0) is 0 Å². The van der Waals surface area contributed by atoms with Gasteiger partial charge in [-0.15, -0.1) is 0 Å². The summed E-state index contributed by atoms with van der Waals surface area (Å²) < 4.78 is 0. The summed E-state index contributed by atoms with van der Waals surface area (Å²) in [6.45, 7) is 5.67. The van der Waals surface area contributed by atoms with Gasteiger partial charge in [0.1, 0.15) is 6.23 Å². The van der Waals surface area contributed by atoms with Crippen molar-refractivity contribution < 1.29 is 5.11 Å². The lowest BCUT2D eigenvalue weighted by Crippen LogP contribution is -2.50. The molecular weight excluding hydrogens is 228 g/mol. The molecule has 0 radical (unpaired) electrons. The molecule has 5 heteroatoms. The molecule has 1 unspecified atom stereocenters. The number of unbranched alkanes of at least 4 members (excludes halogenated alkanes) is 1. The Morgan fingerprint density at radius 3 is 2.50 bits per heavy atom. The van der Waals surface area contributed by atoms with E-state index in [9.17, 15) is 5.11 Å². The molecule has 1 aromatic heterocycles. The zero-order valence-corrected chi connectivity index (χ0v) is 11.0. The predicted octanol–water partition coefficient (Wildman–Crippen LogP) is 1.11. The zero-order chi connectivity index (χ0) is 12.8. The minimum Gasteiger partial charge on any atom is -0.378 e. The molecule has 1 N–H and O–H groups in total. The van der Waals surface area contributed by atoms with E-state index in [1.165, 1.54) is 0 Å². The number of aromatic nitrogens is 2. The molecule has 1 aromatic rings. The van der Waals surface area contributed by atoms with E-state index in [2.05, 4.69) is 26.7 Å². The largest absolute Gasteiger partial charge is 0.378 e. The van der Waals surface area contributed by atoms with Crippen molar-refractivity contribution in [3.05, 3.63) is 18.5 Å². The van der Waals surface area contributed by atoms with E-state index in [4.69, 9.17) is 0 Å². The molecule has 0 bridgehead atoms. The first kappa shape index (κ1) is 13.2. The quantitative estimate of drug-likeness (QED) is 0.848. The van der Waals surface area contributed by atoms with Gasteiger partial charge in [0.05, 0.1) is 0 Å². The highest BCUT2D eigenvalue weighted by Crippen LogP contribution is 2.13. The van der Waals surface area contributed by atoms with Crippen LogP contribution in [0.3, 0.4) is 0 Å². The van der Waals surface area contributed by atoms with Gasteiger partial charge in [0.2, 0.25) is 5.95 Å². The number of piperazine rings is 1. The van der Waals surface area contributed by atoms with Crippen molar-refractivity contribution in [2.45, 2.75) is 32.4 Å². The van der Waals surface area contributed by atoms with Gasteiger partial charge in [-0.3, -0.25) is 4.90 Å². The molecule has 1 aliphatic heterocycles. The lowest BCUT2D eigenvalue weighted by molar-refractivity contribution is -0.00698. The Morgan fingerprint density at radius 1 is 1.22 bits per heavy atom. The SMILES string of the molecule is CCCCC(O)N1CCN(c2ncccn2)CC1. The van der Waals surface area contributed by atoms with Crippen molar-refractivity contribution in [1.29, 1.82) is 0 Å². The molecule has 5 nitrogen and oxygen atoms in total. The fourth-order valence-corrected chi connectivity index (χ4v) is 2.24. The third-order valence-electron chi connectivity index (χ3n) is 3.39. The van der Waals surface area contributed by atoms with Gasteiger partial charge in [0.15, 0.2) is 0 Å². The van der Waals surface area contributed by atoms with E-state index < -0.39 is 0 Å². The molecule has 0 aliphatic carbocycles. The first-order valence-corrected chi connectivity index (χ1v) is 6.75. The van der Waals surface area contributed by atoms with Crippen LogP contribution in [0.25, 0.3) is 0 Å². The van der Waals surface area contributed by atoms with Gasteiger partial charge >= 0.3 is 0 Å². The Labute approximate surface area is 108 Å². The molecule has 1 saturated heterocycles. The van der Waals surface area contributed by atoms with E-state index in [1.807, 2.05) is 6.07 Å². The second-order valence-electron chi connectivity index (χ2n) is 4.69. The molecule has 0 amide bonds. The maximum absolute atomic E-state index is 10.0. The summed E-state index contributed by atoms with van der Waals surface area (Å²) in [5.74, 6) is 0.792. The van der Waals surface area contributed by atoms with Crippen LogP contribution < -0.4 is 4.90 Å². The summed E-state index contributed by atoms with van der Waals surface area (Å²) in [6, 6.07) is 1.83. The van der Waals surface area contributed by atoms with Gasteiger partial charge in [-0.2, -0.15) is 0 Å². The second-order valence-corrected chi connectivity index (χ2v) is 4.69. The summed E-state index contributed by atoms with van der Waals surface area (Å²) >= 11 is 0. The maximum atomic E-state index is 10.0. The molecule has 2 heterocycles. The molecule has 1 fully saturated rings. The fourth-order valence-electron chi connectivity index (χ4n) is 2.24. The van der Waals surface area contributed by atoms with Crippen molar-refractivity contribution >= 4 is 5.95 Å². The molecule has 1 aliphatic rings. The van der Waals surface area contributed by atoms with Crippen LogP contribution in [0.5, 0.6) is 0 Å². The average molecular weight is 250 g/mol. The molecule has 1 atom stereocenters. The molecule has 0 saturated carbocycles. The third-order valence-corrected chi connectivity index (χ3v) is 3.39. The highest BCUT2D eigenvalue weighted by molar-refractivity contribution is 5.29. The van der Waals surface area contributed by atoms with Gasteiger partial charge < -0.3 is 10.0 Å². The fraction of sp³-hybridized carbons (Fsp3) is 0.692. The number of anilines is 1. The van der Waals surface area contributed by atoms with Gasteiger partial charge in [0, 0.05) is 38.6 Å². The average Bonchev–Trinajstić information content (AvgIpc) is 2.46. The number of nitrogens with zero attached hydrogens (tertiary/aromatic N) is 4. The molecular formula is C13H22N4O. The highest BCUT2D eigenvalue weighted by Gasteiger charge is 2.22. The van der Waals surface area contributed by atoms with E-state index in [0.29, 0.717) is 0 Å². The molecule has 0 aromatic carbocycles. The number of aliphatic hydroxyl groups excluding tert-OH is 1. The first-order valence-electron chi connectivity index (χ1n) is 6.75. The van der Waals surface area contributed by atoms with Crippen LogP contribution in [0, 0.1) is 0 Å². The number of hydrogen-bond donors (Lipinski definition) is 1. The Kier molecular flexibility index (Phi) is 4.90. The standard InChI is InChI=1S/C13H22N4O/c1-2-3-5-12(18)16-8-10-17(11-9-16)13-14-6-4-7-15-13/h4,6-7,12,18H,2-3,5,8-11H2,1H3. The Hall–Kier alpha value is -1.20. The van der Waals surface area contributed by atoms with Crippen molar-refractivity contribution in [3.63, 3.8) is 0 Å². The summed E-state index contributed by atoms with van der Waals surface area (Å²) in [7, 11) is 0. The van der Waals surface area contributed by atoms with Crippen LogP contribution in [-0.4, -0.2) is 52.4 Å². The smallest absolute Gasteiger partial charge is 0.225 e. The Bertz CT molecular complexity index is 338. The molecule has 2 rings (SSSR count). The monoisotopic (exact) mass is 250 g/mol. The van der Waals surface area contributed by atoms with E-state index in [0.717, 1.165) is 51.4 Å². The van der Waals surface area contributed by atoms with Crippen molar-refractivity contribution in [1.82, 2.24) is 14.9 Å². The number of rotatable bonds is 5. The maximum Gasteiger partial charge on any atom is 0.225 e. The zero-order valence-electron chi connectivity index (χ0n) is 11.0. The topological polar surface area (TPSA) is 52.5 Å². The van der Waals surface area contributed by atoms with E-state index in [1.54, 1.807) is 12.4 Å². The van der Waals surface area contributed by atoms with E-state index in [-0.39, 0.29) is 6.23 Å². The summed E-state index contributed by atoms with van der Waals surface area (Å²) in [6.07, 6.45) is 6.34. The minimum atomic E-state index is -0.288. The van der Waals surface area contributed by atoms with Crippen molar-refractivity contribution in [3.8, 4) is 0 Å². The summed E-state index contributed by atoms with van der Waals surface area (Å²) in [4.78, 5) is 12.8. The van der Waals surface area contributed by atoms with Gasteiger partial charge in [0.25, 0.3) is 0 Å². The lowest BCUT2D eigenvalue weighted by atomic mass is 10.2. The van der Waals surface area contributed by atoms with Crippen LogP contribution >= 0.6 is 0 Å². The van der Waals surface area contributed by atoms with Crippen LogP contribution in [0.4, 0.5) is 5.95 Å². The second kappa shape index (κ2) is 6.66. The Balaban J connectivity index is 1.81. The van der Waals surface area contributed by atoms with Gasteiger partial charge in [-0.25, -0.2) is 9.97 Å². The minimum absolute atomic E-state index is 0.288. The van der Waals surface area contributed by atoms with Crippen LogP contribution in [0.1, 0.15) is 26.2 Å². The molecule has 0 spiro atoms. The summed E-state index contributed by atoms with van der Waals surface area (Å²) in [5.41, 5.74) is 0. The van der Waals surface area contributed by atoms with Crippen molar-refractivity contribution in [2.24, 2.45) is 0 Å². The van der Waals surface area contributed by atoms with Crippen LogP contribution in [0.2, 0.25) is 0 Å². The number of aliphatic hydroxyl groups is 1. The first-order chi connectivity index (χ1) is 8.81. The Morgan fingerprint density at radius 2 is 1.89 bits per heavy atom. The molecule has 100 valence electrons. The highest BCUT2D eigenvalue weighted by atomic mass is 16.3. The third kappa shape index (κ3) is 3.40. The van der Waals surface area contributed by atoms with Crippen molar-refractivity contribution in [2.75, 3.05) is 31.1 Å². The summed E-state index contributed by atoms with van der Waals surface area (Å²) in [5, 5.41) is 10.0. The number of hydrogen-bond acceptors (Lipinski definition) is 5. The van der Waals surface area contributed by atoms with Gasteiger partial charge in [-0.05, 0) is 18.9 Å².